The van der Waals surface area contributed by atoms with E-state index in [1.165, 1.54) is 42.5 Å². The predicted molar refractivity (Wildman–Crippen MR) is 177 cm³/mol. The first-order valence-corrected chi connectivity index (χ1v) is 16.3. The number of aryl methyl sites for hydroxylation is 1. The molecule has 1 N–H and O–H groups in total. The third-order valence-electron chi connectivity index (χ3n) is 8.47. The highest BCUT2D eigenvalue weighted by atomic mass is 32.2. The zero-order chi connectivity index (χ0) is 38.0. The van der Waals surface area contributed by atoms with Gasteiger partial charge in [-0.2, -0.15) is 13.2 Å². The number of rotatable bonds is 11. The van der Waals surface area contributed by atoms with Crippen LogP contribution in [0.15, 0.2) is 87.1 Å². The molecule has 3 aromatic carbocycles. The van der Waals surface area contributed by atoms with E-state index >= 15 is 0 Å². The first kappa shape index (κ1) is 38.1. The summed E-state index contributed by atoms with van der Waals surface area (Å²) in [6.07, 6.45) is -9.30. The number of hydrogen-bond acceptors (Lipinski definition) is 13. The fourth-order valence-electron chi connectivity index (χ4n) is 5.85. The molecule has 274 valence electrons. The molecule has 0 radical (unpaired) electrons. The molecule has 0 aliphatic carbocycles. The van der Waals surface area contributed by atoms with Crippen molar-refractivity contribution in [2.45, 2.75) is 53.6 Å². The molecule has 0 bridgehead atoms. The lowest BCUT2D eigenvalue weighted by atomic mass is 9.88. The molecule has 52 heavy (non-hydrogen) atoms. The van der Waals surface area contributed by atoms with Crippen molar-refractivity contribution in [2.24, 2.45) is 0 Å². The average Bonchev–Trinajstić information content (AvgIpc) is 3.56. The van der Waals surface area contributed by atoms with Crippen molar-refractivity contribution in [1.82, 2.24) is 0 Å². The number of thioether (sulfide) groups is 1. The molecule has 1 aromatic heterocycles. The Labute approximate surface area is 297 Å². The molecular weight excluding hydrogens is 713 g/mol. The number of hydrogen-bond donors (Lipinski definition) is 1. The van der Waals surface area contributed by atoms with Gasteiger partial charge in [0, 0.05) is 19.1 Å². The minimum atomic E-state index is -5.41. The fraction of sp³-hybridized carbons (Fsp3) is 0.306. The topological polar surface area (TPSA) is 165 Å². The quantitative estimate of drug-likeness (QED) is 0.126. The van der Waals surface area contributed by atoms with Gasteiger partial charge in [0.05, 0.1) is 30.6 Å². The average molecular weight is 745 g/mol. The van der Waals surface area contributed by atoms with Crippen molar-refractivity contribution in [3.8, 4) is 5.75 Å². The number of esters is 4. The van der Waals surface area contributed by atoms with Crippen molar-refractivity contribution < 1.29 is 65.6 Å². The normalized spacial score (nSPS) is 16.9. The molecular formula is C36H31F3O12S. The summed E-state index contributed by atoms with van der Waals surface area (Å²) < 4.78 is 74.7. The van der Waals surface area contributed by atoms with Crippen LogP contribution in [0.5, 0.6) is 5.75 Å². The Morgan fingerprint density at radius 3 is 2.15 bits per heavy atom. The van der Waals surface area contributed by atoms with Gasteiger partial charge in [-0.3, -0.25) is 4.79 Å². The number of carbonyl (C=O) groups excluding carboxylic acids is 4. The number of ether oxygens (including phenoxy) is 5. The number of alkyl halides is 3. The number of carbonyl (C=O) groups is 4. The molecule has 0 spiro atoms. The molecule has 4 atom stereocenters. The summed E-state index contributed by atoms with van der Waals surface area (Å²) in [6.45, 7) is 1.67. The number of fused-ring (bicyclic) bond motifs is 2. The van der Waals surface area contributed by atoms with E-state index in [1.807, 2.05) is 0 Å². The Morgan fingerprint density at radius 2 is 1.58 bits per heavy atom. The molecule has 1 aliphatic heterocycles. The third-order valence-corrected chi connectivity index (χ3v) is 9.85. The van der Waals surface area contributed by atoms with E-state index in [4.69, 9.17) is 23.4 Å². The SMILES string of the molecule is COC(=O)[C@@H](C[C@](O)(C(=O)OC)[C@H]1Cc2c(oc3cc(C)cc(OC(=O)c4ccccc4)c3c2=O)S1)OC(=O)[C@@](OC)(c1ccccc1)C(F)(F)F. The van der Waals surface area contributed by atoms with E-state index in [2.05, 4.69) is 4.74 Å². The lowest BCUT2D eigenvalue weighted by Crippen LogP contribution is -2.56. The first-order chi connectivity index (χ1) is 24.6. The highest BCUT2D eigenvalue weighted by molar-refractivity contribution is 8.00. The number of benzene rings is 3. The van der Waals surface area contributed by atoms with Crippen molar-refractivity contribution in [2.75, 3.05) is 21.3 Å². The van der Waals surface area contributed by atoms with Crippen LogP contribution in [0.25, 0.3) is 11.0 Å². The van der Waals surface area contributed by atoms with Gasteiger partial charge in [-0.25, -0.2) is 19.2 Å². The zero-order valence-electron chi connectivity index (χ0n) is 28.0. The molecule has 0 fully saturated rings. The fourth-order valence-corrected chi connectivity index (χ4v) is 7.20. The van der Waals surface area contributed by atoms with Gasteiger partial charge in [-0.05, 0) is 43.2 Å². The van der Waals surface area contributed by atoms with Crippen LogP contribution in [0.3, 0.4) is 0 Å². The van der Waals surface area contributed by atoms with E-state index in [1.54, 1.807) is 25.1 Å². The maximum absolute atomic E-state index is 14.6. The van der Waals surface area contributed by atoms with Gasteiger partial charge in [0.1, 0.15) is 16.7 Å². The zero-order valence-corrected chi connectivity index (χ0v) is 28.8. The monoisotopic (exact) mass is 744 g/mol. The summed E-state index contributed by atoms with van der Waals surface area (Å²) in [7, 11) is 2.38. The van der Waals surface area contributed by atoms with Crippen molar-refractivity contribution in [3.63, 3.8) is 0 Å². The smallest absolute Gasteiger partial charge is 0.432 e. The van der Waals surface area contributed by atoms with E-state index in [-0.39, 0.29) is 32.9 Å². The van der Waals surface area contributed by atoms with Crippen LogP contribution >= 0.6 is 11.8 Å². The van der Waals surface area contributed by atoms with Crippen LogP contribution in [0.1, 0.15) is 33.5 Å². The maximum Gasteiger partial charge on any atom is 0.432 e. The number of halogens is 3. The van der Waals surface area contributed by atoms with Crippen molar-refractivity contribution >= 4 is 46.6 Å². The van der Waals surface area contributed by atoms with Gasteiger partial charge in [0.15, 0.2) is 10.7 Å². The molecule has 5 rings (SSSR count). The molecule has 0 saturated carbocycles. The van der Waals surface area contributed by atoms with Crippen LogP contribution in [0, 0.1) is 6.92 Å². The van der Waals surface area contributed by atoms with Gasteiger partial charge in [-0.15, -0.1) is 0 Å². The molecule has 4 aromatic rings. The summed E-state index contributed by atoms with van der Waals surface area (Å²) in [5, 5.41) is 10.4. The van der Waals surface area contributed by atoms with E-state index < -0.39 is 76.4 Å². The Bertz CT molecular complexity index is 2070. The summed E-state index contributed by atoms with van der Waals surface area (Å²) in [5.41, 5.74) is -7.13. The number of aliphatic hydroxyl groups is 1. The lowest BCUT2D eigenvalue weighted by Gasteiger charge is -2.35. The van der Waals surface area contributed by atoms with Crippen LogP contribution < -0.4 is 10.2 Å². The molecule has 16 heteroatoms. The van der Waals surface area contributed by atoms with E-state index in [0.29, 0.717) is 24.4 Å². The maximum atomic E-state index is 14.6. The van der Waals surface area contributed by atoms with Gasteiger partial charge in [0.2, 0.25) is 11.5 Å². The Morgan fingerprint density at radius 1 is 0.942 bits per heavy atom. The first-order valence-electron chi connectivity index (χ1n) is 15.4. The van der Waals surface area contributed by atoms with Crippen LogP contribution in [-0.2, 0) is 45.4 Å². The molecule has 12 nitrogen and oxygen atoms in total. The lowest BCUT2D eigenvalue weighted by molar-refractivity contribution is -0.279. The Hall–Kier alpha value is -5.19. The largest absolute Gasteiger partial charge is 0.467 e. The second-order valence-corrected chi connectivity index (χ2v) is 12.9. The van der Waals surface area contributed by atoms with Crippen LogP contribution in [0.2, 0.25) is 0 Å². The molecule has 0 unspecified atom stereocenters. The summed E-state index contributed by atoms with van der Waals surface area (Å²) >= 11 is 0.707. The summed E-state index contributed by atoms with van der Waals surface area (Å²) in [4.78, 5) is 66.5. The third kappa shape index (κ3) is 6.88. The van der Waals surface area contributed by atoms with Crippen LogP contribution in [-0.4, -0.2) is 73.4 Å². The minimum absolute atomic E-state index is 0.0136. The highest BCUT2D eigenvalue weighted by Gasteiger charge is 2.65. The van der Waals surface area contributed by atoms with Gasteiger partial charge in [0.25, 0.3) is 5.60 Å². The summed E-state index contributed by atoms with van der Waals surface area (Å²) in [5.74, 6) is -5.74. The van der Waals surface area contributed by atoms with Gasteiger partial charge >= 0.3 is 30.1 Å². The number of methoxy groups -OCH3 is 3. The second-order valence-electron chi connectivity index (χ2n) is 11.7. The Kier molecular flexibility index (Phi) is 10.8. The standard InChI is InChI=1S/C36H31F3O12S/c1-19-15-23(49-29(41)20-11-7-5-8-12-20)27-24(16-19)50-31-22(28(27)40)17-26(52-31)34(45,32(43)47-3)18-25(30(42)46-2)51-33(44)35(48-4,36(37,38)39)21-13-9-6-10-14-21/h5-16,25-26,45H,17-18H2,1-4H3/t25-,26-,34-,35+/m1/s1. The van der Waals surface area contributed by atoms with E-state index in [0.717, 1.165) is 26.4 Å². The van der Waals surface area contributed by atoms with Crippen LogP contribution in [0.4, 0.5) is 13.2 Å². The summed E-state index contributed by atoms with van der Waals surface area (Å²) in [6, 6.07) is 16.8. The highest BCUT2D eigenvalue weighted by Crippen LogP contribution is 2.46. The minimum Gasteiger partial charge on any atom is -0.467 e. The van der Waals surface area contributed by atoms with Crippen molar-refractivity contribution in [1.29, 1.82) is 0 Å². The Balaban J connectivity index is 1.51. The molecule has 0 amide bonds. The predicted octanol–water partition coefficient (Wildman–Crippen LogP) is 4.82. The van der Waals surface area contributed by atoms with Gasteiger partial charge in [-0.1, -0.05) is 60.3 Å². The molecule has 2 heterocycles. The second kappa shape index (κ2) is 14.8. The molecule has 0 saturated heterocycles. The molecule has 1 aliphatic rings. The van der Waals surface area contributed by atoms with Crippen molar-refractivity contribution in [3.05, 3.63) is 105 Å². The van der Waals surface area contributed by atoms with Gasteiger partial charge < -0.3 is 33.2 Å². The van der Waals surface area contributed by atoms with E-state index in [9.17, 15) is 42.3 Å².